The lowest BCUT2D eigenvalue weighted by Gasteiger charge is -2.43. The number of rotatable bonds is 4. The summed E-state index contributed by atoms with van der Waals surface area (Å²) in [5.41, 5.74) is 7.19. The van der Waals surface area contributed by atoms with Gasteiger partial charge >= 0.3 is 6.55 Å². The molecule has 3 atom stereocenters. The number of amides is 1. The first kappa shape index (κ1) is 23.8. The highest BCUT2D eigenvalue weighted by atomic mass is 35.5. The molecule has 1 aromatic carbocycles. The Hall–Kier alpha value is -1.44. The summed E-state index contributed by atoms with van der Waals surface area (Å²) in [4.78, 5) is 17.2. The Bertz CT molecular complexity index is 833. The minimum Gasteiger partial charge on any atom is -0.346 e. The van der Waals surface area contributed by atoms with Gasteiger partial charge in [-0.3, -0.25) is 9.36 Å². The molecule has 1 heterocycles. The minimum atomic E-state index is -2.71. The molecule has 1 amide bonds. The third-order valence-electron chi connectivity index (χ3n) is 6.35. The summed E-state index contributed by atoms with van der Waals surface area (Å²) in [6.45, 7) is -0.994. The predicted molar refractivity (Wildman–Crippen MR) is 114 cm³/mol. The number of para-hydroxylation sites is 2. The number of halogens is 4. The van der Waals surface area contributed by atoms with Crippen molar-refractivity contribution in [3.8, 4) is 0 Å². The lowest BCUT2D eigenvalue weighted by Crippen LogP contribution is -2.49. The van der Waals surface area contributed by atoms with E-state index in [1.807, 2.05) is 0 Å². The van der Waals surface area contributed by atoms with E-state index < -0.39 is 12.6 Å². The number of hydrogen-bond acceptors (Lipinski definition) is 3. The normalized spacial score (nSPS) is 27.1. The van der Waals surface area contributed by atoms with Crippen molar-refractivity contribution < 1.29 is 13.6 Å². The van der Waals surface area contributed by atoms with Crippen molar-refractivity contribution in [1.82, 2.24) is 14.9 Å². The fourth-order valence-electron chi connectivity index (χ4n) is 4.97. The van der Waals surface area contributed by atoms with Crippen LogP contribution in [0, 0.1) is 17.8 Å². The van der Waals surface area contributed by atoms with E-state index in [1.54, 1.807) is 31.2 Å². The largest absolute Gasteiger partial charge is 0.346 e. The Balaban J connectivity index is 0.00000150. The number of fused-ring (bicyclic) bond motifs is 3. The van der Waals surface area contributed by atoms with Gasteiger partial charge in [0.05, 0.1) is 17.1 Å². The molecule has 2 bridgehead atoms. The number of carbonyl (C=O) groups is 1. The summed E-state index contributed by atoms with van der Waals surface area (Å²) in [6.07, 6.45) is 4.94. The Labute approximate surface area is 181 Å². The molecule has 0 radical (unpaired) electrons. The third-order valence-corrected chi connectivity index (χ3v) is 6.35. The second-order valence-corrected chi connectivity index (χ2v) is 8.03. The van der Waals surface area contributed by atoms with E-state index in [1.165, 1.54) is 6.42 Å². The van der Waals surface area contributed by atoms with Crippen molar-refractivity contribution in [2.75, 3.05) is 0 Å². The maximum absolute atomic E-state index is 13.6. The van der Waals surface area contributed by atoms with Crippen LogP contribution in [0.25, 0.3) is 11.0 Å². The molecule has 2 aromatic rings. The topological polar surface area (TPSA) is 72.9 Å². The molecule has 9 heteroatoms. The van der Waals surface area contributed by atoms with Crippen LogP contribution in [0.1, 0.15) is 57.4 Å². The van der Waals surface area contributed by atoms with Gasteiger partial charge in [0, 0.05) is 12.0 Å². The van der Waals surface area contributed by atoms with Gasteiger partial charge in [-0.05, 0) is 56.6 Å². The first-order valence-corrected chi connectivity index (χ1v) is 9.76. The number of benzene rings is 1. The zero-order valence-corrected chi connectivity index (χ0v) is 17.9. The van der Waals surface area contributed by atoms with Crippen molar-refractivity contribution >= 4 is 41.8 Å². The van der Waals surface area contributed by atoms with Gasteiger partial charge in [0.2, 0.25) is 5.91 Å². The molecular weight excluding hydrogens is 421 g/mol. The van der Waals surface area contributed by atoms with E-state index in [0.29, 0.717) is 22.9 Å². The van der Waals surface area contributed by atoms with Gasteiger partial charge in [-0.1, -0.05) is 18.6 Å². The van der Waals surface area contributed by atoms with E-state index in [-0.39, 0.29) is 48.5 Å². The average molecular weight is 449 g/mol. The molecule has 29 heavy (non-hydrogen) atoms. The number of carbonyl (C=O) groups excluding carboxylic acids is 1. The van der Waals surface area contributed by atoms with E-state index in [2.05, 4.69) is 10.3 Å². The van der Waals surface area contributed by atoms with Gasteiger partial charge in [-0.2, -0.15) is 8.78 Å². The lowest BCUT2D eigenvalue weighted by atomic mass is 9.65. The van der Waals surface area contributed by atoms with Gasteiger partial charge < -0.3 is 11.1 Å². The van der Waals surface area contributed by atoms with Crippen LogP contribution in [0.5, 0.6) is 0 Å². The van der Waals surface area contributed by atoms with Crippen molar-refractivity contribution in [3.05, 3.63) is 30.1 Å². The summed E-state index contributed by atoms with van der Waals surface area (Å²) < 4.78 is 28.2. The number of aromatic nitrogens is 2. The van der Waals surface area contributed by atoms with Crippen LogP contribution in [-0.2, 0) is 4.79 Å². The highest BCUT2D eigenvalue weighted by Crippen LogP contribution is 2.42. The maximum atomic E-state index is 13.6. The van der Waals surface area contributed by atoms with Crippen LogP contribution in [0.15, 0.2) is 24.3 Å². The quantitative estimate of drug-likeness (QED) is 0.717. The van der Waals surface area contributed by atoms with Gasteiger partial charge in [0.25, 0.3) is 0 Å². The molecule has 0 aliphatic heterocycles. The fourth-order valence-corrected chi connectivity index (χ4v) is 4.97. The van der Waals surface area contributed by atoms with Crippen LogP contribution in [0.4, 0.5) is 8.78 Å². The van der Waals surface area contributed by atoms with E-state index >= 15 is 0 Å². The van der Waals surface area contributed by atoms with Gasteiger partial charge in [-0.15, -0.1) is 24.8 Å². The third kappa shape index (κ3) is 4.52. The number of nitrogens with one attached hydrogen (secondary N) is 1. The highest BCUT2D eigenvalue weighted by molar-refractivity contribution is 5.85. The smallest absolute Gasteiger partial charge is 0.320 e. The molecule has 162 valence electrons. The standard InChI is InChI=1S/C20H26F2N4O.2ClH/c1-11(18-25-15-7-2-3-8-16(15)26(18)20(21)22)24-19(27)14-9-12-5-4-6-13(10-14)17(12)23;;/h2-3,7-8,11-14,17,20H,4-6,9-10,23H2,1H3,(H,24,27);2*1H. The molecule has 0 spiro atoms. The van der Waals surface area contributed by atoms with Crippen molar-refractivity contribution in [1.29, 1.82) is 0 Å². The van der Waals surface area contributed by atoms with Crippen LogP contribution < -0.4 is 11.1 Å². The SMILES string of the molecule is CC(NC(=O)C1CC2CCCC(C1)C2N)c1nc2ccccc2n1C(F)F.Cl.Cl. The Morgan fingerprint density at radius 2 is 1.83 bits per heavy atom. The molecule has 5 nitrogen and oxygen atoms in total. The molecule has 2 saturated carbocycles. The number of hydrogen-bond donors (Lipinski definition) is 2. The molecule has 3 N–H and O–H groups in total. The molecule has 2 aliphatic rings. The number of imidazole rings is 1. The number of nitrogens with zero attached hydrogens (tertiary/aromatic N) is 2. The molecule has 3 unspecified atom stereocenters. The highest BCUT2D eigenvalue weighted by Gasteiger charge is 2.40. The van der Waals surface area contributed by atoms with Crippen LogP contribution in [0.2, 0.25) is 0 Å². The van der Waals surface area contributed by atoms with Crippen molar-refractivity contribution in [2.45, 2.75) is 57.7 Å². The number of nitrogens with two attached hydrogens (primary N) is 1. The lowest BCUT2D eigenvalue weighted by molar-refractivity contribution is -0.128. The molecule has 2 fully saturated rings. The molecule has 1 aromatic heterocycles. The van der Waals surface area contributed by atoms with Gasteiger partial charge in [-0.25, -0.2) is 4.98 Å². The van der Waals surface area contributed by atoms with Crippen LogP contribution >= 0.6 is 24.8 Å². The minimum absolute atomic E-state index is 0. The first-order chi connectivity index (χ1) is 13.0. The van der Waals surface area contributed by atoms with Gasteiger partial charge in [0.15, 0.2) is 0 Å². The van der Waals surface area contributed by atoms with Crippen LogP contribution in [-0.4, -0.2) is 21.5 Å². The monoisotopic (exact) mass is 448 g/mol. The summed E-state index contributed by atoms with van der Waals surface area (Å²) in [5, 5.41) is 2.93. The summed E-state index contributed by atoms with van der Waals surface area (Å²) >= 11 is 0. The van der Waals surface area contributed by atoms with E-state index in [9.17, 15) is 13.6 Å². The van der Waals surface area contributed by atoms with Gasteiger partial charge in [0.1, 0.15) is 5.82 Å². The molecule has 0 saturated heterocycles. The zero-order valence-electron chi connectivity index (χ0n) is 16.3. The molecule has 2 aliphatic carbocycles. The number of alkyl halides is 2. The fraction of sp³-hybridized carbons (Fsp3) is 0.600. The predicted octanol–water partition coefficient (Wildman–Crippen LogP) is 4.61. The van der Waals surface area contributed by atoms with Crippen LogP contribution in [0.3, 0.4) is 0 Å². The van der Waals surface area contributed by atoms with Crippen molar-refractivity contribution in [2.24, 2.45) is 23.5 Å². The Morgan fingerprint density at radius 3 is 2.45 bits per heavy atom. The van der Waals surface area contributed by atoms with Crippen molar-refractivity contribution in [3.63, 3.8) is 0 Å². The summed E-state index contributed by atoms with van der Waals surface area (Å²) in [6, 6.07) is 6.41. The average Bonchev–Trinajstić information content (AvgIpc) is 3.01. The Morgan fingerprint density at radius 1 is 1.21 bits per heavy atom. The van der Waals surface area contributed by atoms with E-state index in [4.69, 9.17) is 5.73 Å². The molecular formula is C20H28Cl2F2N4O. The summed E-state index contributed by atoms with van der Waals surface area (Å²) in [7, 11) is 0. The Kier molecular flexibility index (Phi) is 7.87. The molecule has 4 rings (SSSR count). The summed E-state index contributed by atoms with van der Waals surface area (Å²) in [5.74, 6) is 0.821. The first-order valence-electron chi connectivity index (χ1n) is 9.76. The second-order valence-electron chi connectivity index (χ2n) is 8.03. The maximum Gasteiger partial charge on any atom is 0.320 e. The zero-order chi connectivity index (χ0) is 19.1. The second kappa shape index (κ2) is 9.58. The van der Waals surface area contributed by atoms with E-state index in [0.717, 1.165) is 30.3 Å².